The van der Waals surface area contributed by atoms with Gasteiger partial charge in [0, 0.05) is 19.8 Å². The van der Waals surface area contributed by atoms with Crippen LogP contribution in [0.4, 0.5) is 5.95 Å². The normalized spacial score (nSPS) is 10.5. The van der Waals surface area contributed by atoms with Crippen LogP contribution in [-0.2, 0) is 0 Å². The fraction of sp³-hybridized carbons (Fsp3) is 0.429. The Morgan fingerprint density at radius 1 is 1.19 bits per heavy atom. The van der Waals surface area contributed by atoms with Crippen LogP contribution in [0.3, 0.4) is 0 Å². The first-order chi connectivity index (χ1) is 9.90. The van der Waals surface area contributed by atoms with Crippen molar-refractivity contribution in [2.45, 2.75) is 25.8 Å². The van der Waals surface area contributed by atoms with Gasteiger partial charge >= 0.3 is 0 Å². The molecule has 0 bridgehead atoms. The number of aryl methyl sites for hydroxylation is 1. The first kappa shape index (κ1) is 15.3. The molecule has 0 aliphatic rings. The maximum atomic E-state index is 9.49. The highest BCUT2D eigenvalue weighted by atomic mass is 32.2. The Hall–Kier alpha value is -2.07. The van der Waals surface area contributed by atoms with Crippen LogP contribution in [0.15, 0.2) is 5.03 Å². The number of nitrogens with zero attached hydrogens (tertiary/aromatic N) is 6. The standard InChI is InChI=1S/C14H18N6S/c1-8-9(2)18-20(10(8)3)12-11(7-15)13(21-6)17-14(16-12)19(4)5/h1-6H3. The molecule has 0 fully saturated rings. The Labute approximate surface area is 128 Å². The third-order valence-electron chi connectivity index (χ3n) is 3.40. The summed E-state index contributed by atoms with van der Waals surface area (Å²) >= 11 is 1.44. The molecule has 110 valence electrons. The van der Waals surface area contributed by atoms with E-state index in [-0.39, 0.29) is 0 Å². The molecule has 0 saturated carbocycles. The van der Waals surface area contributed by atoms with Crippen LogP contribution in [0.5, 0.6) is 0 Å². The van der Waals surface area contributed by atoms with E-state index in [1.807, 2.05) is 46.0 Å². The van der Waals surface area contributed by atoms with Gasteiger partial charge in [0.2, 0.25) is 5.95 Å². The number of aromatic nitrogens is 4. The Balaban J connectivity index is 2.80. The fourth-order valence-electron chi connectivity index (χ4n) is 1.94. The van der Waals surface area contributed by atoms with E-state index in [0.29, 0.717) is 22.4 Å². The zero-order chi connectivity index (χ0) is 15.7. The van der Waals surface area contributed by atoms with Crippen molar-refractivity contribution in [2.75, 3.05) is 25.3 Å². The lowest BCUT2D eigenvalue weighted by molar-refractivity contribution is 0.781. The number of thioether (sulfide) groups is 1. The van der Waals surface area contributed by atoms with Crippen molar-refractivity contribution in [3.05, 3.63) is 22.5 Å². The summed E-state index contributed by atoms with van der Waals surface area (Å²) < 4.78 is 1.73. The second-order valence-corrected chi connectivity index (χ2v) is 5.74. The van der Waals surface area contributed by atoms with Gasteiger partial charge in [-0.2, -0.15) is 15.3 Å². The second kappa shape index (κ2) is 5.74. The van der Waals surface area contributed by atoms with Crippen LogP contribution in [0.25, 0.3) is 5.82 Å². The highest BCUT2D eigenvalue weighted by Crippen LogP contribution is 2.26. The number of rotatable bonds is 3. The predicted octanol–water partition coefficient (Wildman–Crippen LogP) is 2.25. The highest BCUT2D eigenvalue weighted by molar-refractivity contribution is 7.98. The summed E-state index contributed by atoms with van der Waals surface area (Å²) in [6.45, 7) is 5.95. The number of hydrogen-bond donors (Lipinski definition) is 0. The van der Waals surface area contributed by atoms with Crippen molar-refractivity contribution in [2.24, 2.45) is 0 Å². The van der Waals surface area contributed by atoms with E-state index >= 15 is 0 Å². The second-order valence-electron chi connectivity index (χ2n) is 4.95. The predicted molar refractivity (Wildman–Crippen MR) is 84.2 cm³/mol. The molecular weight excluding hydrogens is 284 g/mol. The van der Waals surface area contributed by atoms with Gasteiger partial charge in [-0.25, -0.2) is 9.67 Å². The van der Waals surface area contributed by atoms with Crippen molar-refractivity contribution in [1.82, 2.24) is 19.7 Å². The monoisotopic (exact) mass is 302 g/mol. The zero-order valence-corrected chi connectivity index (χ0v) is 13.9. The van der Waals surface area contributed by atoms with Gasteiger partial charge < -0.3 is 4.90 Å². The Morgan fingerprint density at radius 2 is 1.86 bits per heavy atom. The Bertz CT molecular complexity index is 726. The number of anilines is 1. The Morgan fingerprint density at radius 3 is 2.29 bits per heavy atom. The summed E-state index contributed by atoms with van der Waals surface area (Å²) in [4.78, 5) is 10.8. The van der Waals surface area contributed by atoms with E-state index in [9.17, 15) is 5.26 Å². The lowest BCUT2D eigenvalue weighted by Crippen LogP contribution is -2.17. The van der Waals surface area contributed by atoms with Crippen LogP contribution in [0, 0.1) is 32.1 Å². The average Bonchev–Trinajstić information content (AvgIpc) is 2.73. The van der Waals surface area contributed by atoms with Crippen LogP contribution < -0.4 is 4.90 Å². The van der Waals surface area contributed by atoms with Gasteiger partial charge in [-0.3, -0.25) is 0 Å². The van der Waals surface area contributed by atoms with E-state index in [4.69, 9.17) is 0 Å². The van der Waals surface area contributed by atoms with Gasteiger partial charge in [-0.1, -0.05) is 0 Å². The summed E-state index contributed by atoms with van der Waals surface area (Å²) in [6, 6.07) is 2.21. The molecule has 0 N–H and O–H groups in total. The van der Waals surface area contributed by atoms with Crippen molar-refractivity contribution < 1.29 is 0 Å². The van der Waals surface area contributed by atoms with Gasteiger partial charge in [-0.15, -0.1) is 11.8 Å². The van der Waals surface area contributed by atoms with Crippen LogP contribution in [0.2, 0.25) is 0 Å². The fourth-order valence-corrected chi connectivity index (χ4v) is 2.46. The van der Waals surface area contributed by atoms with Crippen LogP contribution in [0.1, 0.15) is 22.5 Å². The average molecular weight is 302 g/mol. The van der Waals surface area contributed by atoms with E-state index in [2.05, 4.69) is 21.1 Å². The summed E-state index contributed by atoms with van der Waals surface area (Å²) in [5.41, 5.74) is 3.49. The zero-order valence-electron chi connectivity index (χ0n) is 13.1. The van der Waals surface area contributed by atoms with Crippen LogP contribution in [-0.4, -0.2) is 40.1 Å². The lowest BCUT2D eigenvalue weighted by atomic mass is 10.2. The van der Waals surface area contributed by atoms with E-state index in [0.717, 1.165) is 17.0 Å². The maximum absolute atomic E-state index is 9.49. The highest BCUT2D eigenvalue weighted by Gasteiger charge is 2.19. The van der Waals surface area contributed by atoms with E-state index in [1.54, 1.807) is 4.68 Å². The minimum atomic E-state index is 0.457. The molecule has 0 radical (unpaired) electrons. The molecule has 2 aromatic heterocycles. The molecule has 0 unspecified atom stereocenters. The van der Waals surface area contributed by atoms with Gasteiger partial charge in [0.1, 0.15) is 16.7 Å². The molecular formula is C14H18N6S. The molecule has 0 spiro atoms. The maximum Gasteiger partial charge on any atom is 0.228 e. The molecule has 0 saturated heterocycles. The summed E-state index contributed by atoms with van der Waals surface area (Å²) in [5, 5.41) is 14.7. The lowest BCUT2D eigenvalue weighted by Gasteiger charge is -2.15. The molecule has 21 heavy (non-hydrogen) atoms. The van der Waals surface area contributed by atoms with Crippen LogP contribution >= 0.6 is 11.8 Å². The SMILES string of the molecule is CSc1nc(N(C)C)nc(-n2nc(C)c(C)c2C)c1C#N. The van der Waals surface area contributed by atoms with Crippen molar-refractivity contribution in [3.63, 3.8) is 0 Å². The van der Waals surface area contributed by atoms with Gasteiger partial charge in [0.25, 0.3) is 0 Å². The van der Waals surface area contributed by atoms with Crippen molar-refractivity contribution in [1.29, 1.82) is 5.26 Å². The van der Waals surface area contributed by atoms with Gasteiger partial charge in [0.05, 0.1) is 5.69 Å². The summed E-state index contributed by atoms with van der Waals surface area (Å²) in [6.07, 6.45) is 1.90. The summed E-state index contributed by atoms with van der Waals surface area (Å²) in [7, 11) is 3.75. The van der Waals surface area contributed by atoms with Crippen molar-refractivity contribution >= 4 is 17.7 Å². The first-order valence-electron chi connectivity index (χ1n) is 6.47. The molecule has 0 atom stereocenters. The van der Waals surface area contributed by atoms with Crippen molar-refractivity contribution in [3.8, 4) is 11.9 Å². The molecule has 2 heterocycles. The minimum absolute atomic E-state index is 0.457. The Kier molecular flexibility index (Phi) is 4.19. The molecule has 6 nitrogen and oxygen atoms in total. The van der Waals surface area contributed by atoms with E-state index in [1.165, 1.54) is 11.8 Å². The van der Waals surface area contributed by atoms with Gasteiger partial charge in [-0.05, 0) is 32.6 Å². The topological polar surface area (TPSA) is 70.6 Å². The molecule has 2 rings (SSSR count). The largest absolute Gasteiger partial charge is 0.347 e. The smallest absolute Gasteiger partial charge is 0.228 e. The molecule has 0 aromatic carbocycles. The molecule has 2 aromatic rings. The molecule has 7 heteroatoms. The molecule has 0 aliphatic carbocycles. The van der Waals surface area contributed by atoms with Gasteiger partial charge in [0.15, 0.2) is 5.82 Å². The van der Waals surface area contributed by atoms with E-state index < -0.39 is 0 Å². The quantitative estimate of drug-likeness (QED) is 0.639. The summed E-state index contributed by atoms with van der Waals surface area (Å²) in [5.74, 6) is 1.10. The number of nitriles is 1. The first-order valence-corrected chi connectivity index (χ1v) is 7.69. The molecule has 0 amide bonds. The minimum Gasteiger partial charge on any atom is -0.347 e. The molecule has 0 aliphatic heterocycles. The third kappa shape index (κ3) is 2.59. The number of hydrogen-bond acceptors (Lipinski definition) is 6. The third-order valence-corrected chi connectivity index (χ3v) is 4.09.